The molecule has 1 saturated carbocycles. The van der Waals surface area contributed by atoms with Gasteiger partial charge in [-0.1, -0.05) is 28.9 Å². The number of hydrogen-bond acceptors (Lipinski definition) is 10. The molecule has 3 aromatic rings. The first-order chi connectivity index (χ1) is 23.4. The summed E-state index contributed by atoms with van der Waals surface area (Å²) in [4.78, 5) is 33.5. The van der Waals surface area contributed by atoms with Crippen molar-refractivity contribution in [3.63, 3.8) is 0 Å². The monoisotopic (exact) mass is 738 g/mol. The van der Waals surface area contributed by atoms with Crippen LogP contribution in [-0.2, 0) is 29.9 Å². The molecule has 17 heteroatoms. The fraction of sp³-hybridized carbons (Fsp3) is 0.364. The molecule has 268 valence electrons. The molecule has 1 aliphatic carbocycles. The quantitative estimate of drug-likeness (QED) is 0.177. The van der Waals surface area contributed by atoms with Gasteiger partial charge >= 0.3 is 6.36 Å². The summed E-state index contributed by atoms with van der Waals surface area (Å²) in [6.45, 7) is 3.16. The summed E-state index contributed by atoms with van der Waals surface area (Å²) in [5, 5.41) is 7.59. The average Bonchev–Trinajstić information content (AvgIpc) is 3.75. The molecule has 2 atom stereocenters. The van der Waals surface area contributed by atoms with E-state index in [0.717, 1.165) is 24.7 Å². The van der Waals surface area contributed by atoms with Crippen LogP contribution in [0.15, 0.2) is 59.8 Å². The summed E-state index contributed by atoms with van der Waals surface area (Å²) in [6, 6.07) is 12.5. The number of fused-ring (bicyclic) bond motifs is 2. The van der Waals surface area contributed by atoms with Crippen molar-refractivity contribution in [3.05, 3.63) is 76.3 Å². The highest BCUT2D eigenvalue weighted by Crippen LogP contribution is 2.57. The maximum Gasteiger partial charge on any atom is 0.573 e. The Balaban J connectivity index is 1.52. The average molecular weight is 739 g/mol. The fourth-order valence-electron chi connectivity index (χ4n) is 5.68. The topological polar surface area (TPSA) is 145 Å². The Hall–Kier alpha value is -4.70. The lowest BCUT2D eigenvalue weighted by Crippen LogP contribution is -2.38. The van der Waals surface area contributed by atoms with E-state index in [9.17, 15) is 31.2 Å². The summed E-state index contributed by atoms with van der Waals surface area (Å²) in [5.41, 5.74) is 2.20. The molecule has 0 bridgehead atoms. The molecule has 2 aliphatic rings. The van der Waals surface area contributed by atoms with E-state index in [1.165, 1.54) is 38.2 Å². The molecule has 2 amide bonds. The molecule has 3 aromatic carbocycles. The molecule has 5 rings (SSSR count). The Kier molecular flexibility index (Phi) is 10.2. The molecule has 0 radical (unpaired) electrons. The summed E-state index contributed by atoms with van der Waals surface area (Å²) >= 11 is 6.25. The van der Waals surface area contributed by atoms with Gasteiger partial charge in [-0.3, -0.25) is 14.3 Å². The normalized spacial score (nSPS) is 16.3. The first-order valence-electron chi connectivity index (χ1n) is 15.1. The molecule has 1 spiro atoms. The van der Waals surface area contributed by atoms with E-state index in [4.69, 9.17) is 25.9 Å². The number of rotatable bonds is 12. The molecular weight excluding hydrogens is 705 g/mol. The summed E-state index contributed by atoms with van der Waals surface area (Å²) in [5.74, 6) is -1.20. The number of sulfonamides is 1. The molecular formula is C33H34ClF3N4O8S. The van der Waals surface area contributed by atoms with Gasteiger partial charge in [0.05, 0.1) is 31.9 Å². The van der Waals surface area contributed by atoms with Crippen molar-refractivity contribution < 1.29 is 50.2 Å². The zero-order valence-electron chi connectivity index (χ0n) is 27.6. The number of amides is 2. The highest BCUT2D eigenvalue weighted by atomic mass is 35.5. The van der Waals surface area contributed by atoms with Gasteiger partial charge in [0.15, 0.2) is 0 Å². The third kappa shape index (κ3) is 8.35. The highest BCUT2D eigenvalue weighted by molar-refractivity contribution is 7.89. The summed E-state index contributed by atoms with van der Waals surface area (Å²) in [7, 11) is -0.955. The molecule has 12 nitrogen and oxygen atoms in total. The Labute approximate surface area is 291 Å². The molecule has 2 N–H and O–H groups in total. The van der Waals surface area contributed by atoms with Crippen molar-refractivity contribution in [3.8, 4) is 17.2 Å². The second kappa shape index (κ2) is 13.9. The van der Waals surface area contributed by atoms with E-state index in [-0.39, 0.29) is 23.4 Å². The van der Waals surface area contributed by atoms with Gasteiger partial charge in [0.1, 0.15) is 23.3 Å². The van der Waals surface area contributed by atoms with Crippen LogP contribution in [0, 0.1) is 0 Å². The number of alkyl halides is 3. The van der Waals surface area contributed by atoms with Gasteiger partial charge in [0.25, 0.3) is 11.8 Å². The Morgan fingerprint density at radius 1 is 1.02 bits per heavy atom. The van der Waals surface area contributed by atoms with Crippen molar-refractivity contribution in [2.45, 2.75) is 50.6 Å². The molecule has 50 heavy (non-hydrogen) atoms. The smallest absolute Gasteiger partial charge is 0.497 e. The SMILES string of the molecule is COc1cc(NC(C(=O)N2CC3(CC3)c3ccc(OC(F)(F)F)cc32)c2ccc(Cl)cc2OC)cc(C(C)=NOC(C)C(=O)NS(C)(=O)=O)c1. The van der Waals surface area contributed by atoms with Crippen molar-refractivity contribution in [2.24, 2.45) is 5.16 Å². The van der Waals surface area contributed by atoms with Gasteiger partial charge in [-0.25, -0.2) is 8.42 Å². The van der Waals surface area contributed by atoms with E-state index in [1.54, 1.807) is 49.4 Å². The number of hydrogen-bond donors (Lipinski definition) is 2. The second-order valence-corrected chi connectivity index (χ2v) is 14.2. The predicted octanol–water partition coefficient (Wildman–Crippen LogP) is 5.69. The van der Waals surface area contributed by atoms with Crippen LogP contribution < -0.4 is 29.1 Å². The van der Waals surface area contributed by atoms with Gasteiger partial charge in [-0.2, -0.15) is 0 Å². The Morgan fingerprint density at radius 3 is 2.36 bits per heavy atom. The predicted molar refractivity (Wildman–Crippen MR) is 179 cm³/mol. The number of nitrogens with zero attached hydrogens (tertiary/aromatic N) is 2. The van der Waals surface area contributed by atoms with E-state index in [2.05, 4.69) is 15.2 Å². The van der Waals surface area contributed by atoms with Crippen LogP contribution in [-0.4, -0.2) is 65.4 Å². The van der Waals surface area contributed by atoms with Gasteiger partial charge in [0.2, 0.25) is 16.1 Å². The van der Waals surface area contributed by atoms with Crippen molar-refractivity contribution >= 4 is 50.5 Å². The zero-order valence-corrected chi connectivity index (χ0v) is 29.1. The first kappa shape index (κ1) is 36.6. The molecule has 1 aliphatic heterocycles. The molecule has 1 heterocycles. The standard InChI is InChI=1S/C33H34ClF3N4O8S/c1-18(39-49-19(2)30(42)40-50(5,44)45)20-12-22(15-24(13-20)46-3)38-29(25-8-6-21(34)14-28(25)47-4)31(43)41-17-32(10-11-32)26-9-7-23(16-27(26)41)48-33(35,36)37/h6-9,12-16,19,29,38H,10-11,17H2,1-5H3,(H,40,42). The number of ether oxygens (including phenoxy) is 3. The lowest BCUT2D eigenvalue weighted by atomic mass is 9.99. The maximum absolute atomic E-state index is 14.6. The van der Waals surface area contributed by atoms with Crippen LogP contribution in [0.4, 0.5) is 24.5 Å². The van der Waals surface area contributed by atoms with Gasteiger partial charge in [-0.05, 0) is 62.6 Å². The minimum atomic E-state index is -4.92. The number of carbonyl (C=O) groups is 2. The molecule has 2 unspecified atom stereocenters. The number of carbonyl (C=O) groups excluding carboxylic acids is 2. The van der Waals surface area contributed by atoms with Gasteiger partial charge < -0.3 is 29.3 Å². The van der Waals surface area contributed by atoms with E-state index < -0.39 is 46.1 Å². The molecule has 0 aromatic heterocycles. The van der Waals surface area contributed by atoms with E-state index in [0.29, 0.717) is 33.3 Å². The van der Waals surface area contributed by atoms with E-state index in [1.807, 2.05) is 4.72 Å². The zero-order chi connectivity index (χ0) is 36.6. The third-order valence-corrected chi connectivity index (χ3v) is 9.08. The lowest BCUT2D eigenvalue weighted by Gasteiger charge is -2.28. The number of oxime groups is 1. The van der Waals surface area contributed by atoms with Gasteiger partial charge in [-0.15, -0.1) is 13.2 Å². The highest BCUT2D eigenvalue weighted by Gasteiger charge is 2.54. The van der Waals surface area contributed by atoms with Crippen LogP contribution in [0.1, 0.15) is 49.4 Å². The minimum Gasteiger partial charge on any atom is -0.497 e. The van der Waals surface area contributed by atoms with Crippen molar-refractivity contribution in [2.75, 3.05) is 37.2 Å². The summed E-state index contributed by atoms with van der Waals surface area (Å²) in [6.07, 6.45) is -3.81. The maximum atomic E-state index is 14.6. The Morgan fingerprint density at radius 2 is 1.74 bits per heavy atom. The van der Waals surface area contributed by atoms with Crippen LogP contribution in [0.2, 0.25) is 5.02 Å². The van der Waals surface area contributed by atoms with E-state index >= 15 is 0 Å². The number of anilines is 2. The second-order valence-electron chi connectivity index (χ2n) is 12.0. The largest absolute Gasteiger partial charge is 0.573 e. The lowest BCUT2D eigenvalue weighted by molar-refractivity contribution is -0.274. The summed E-state index contributed by atoms with van der Waals surface area (Å²) < 4.78 is 79.4. The van der Waals surface area contributed by atoms with Crippen LogP contribution in [0.3, 0.4) is 0 Å². The minimum absolute atomic E-state index is 0.252. The van der Waals surface area contributed by atoms with Gasteiger partial charge in [0, 0.05) is 45.9 Å². The van der Waals surface area contributed by atoms with Crippen LogP contribution in [0.25, 0.3) is 0 Å². The third-order valence-electron chi connectivity index (χ3n) is 8.27. The van der Waals surface area contributed by atoms with Crippen LogP contribution >= 0.6 is 11.6 Å². The molecule has 0 saturated heterocycles. The van der Waals surface area contributed by atoms with Crippen LogP contribution in [0.5, 0.6) is 17.2 Å². The number of nitrogens with one attached hydrogen (secondary N) is 2. The van der Waals surface area contributed by atoms with Crippen molar-refractivity contribution in [1.82, 2.24) is 4.72 Å². The number of halogens is 4. The van der Waals surface area contributed by atoms with Crippen molar-refractivity contribution in [1.29, 1.82) is 0 Å². The fourth-order valence-corrected chi connectivity index (χ4v) is 6.37. The number of methoxy groups -OCH3 is 2. The molecule has 1 fully saturated rings. The Bertz CT molecular complexity index is 1950. The first-order valence-corrected chi connectivity index (χ1v) is 17.4. The number of benzene rings is 3.